The van der Waals surface area contributed by atoms with Gasteiger partial charge in [0.25, 0.3) is 5.91 Å². The predicted molar refractivity (Wildman–Crippen MR) is 71.6 cm³/mol. The second-order valence-electron chi connectivity index (χ2n) is 4.90. The lowest BCUT2D eigenvalue weighted by Gasteiger charge is -2.08. The molecule has 5 nitrogen and oxygen atoms in total. The van der Waals surface area contributed by atoms with Gasteiger partial charge in [0.15, 0.2) is 6.61 Å². The van der Waals surface area contributed by atoms with E-state index in [-0.39, 0.29) is 12.5 Å². The van der Waals surface area contributed by atoms with Crippen molar-refractivity contribution in [2.24, 2.45) is 5.92 Å². The van der Waals surface area contributed by atoms with Crippen LogP contribution in [0, 0.1) is 12.8 Å². The molecule has 5 heteroatoms. The van der Waals surface area contributed by atoms with E-state index in [1.807, 2.05) is 0 Å². The van der Waals surface area contributed by atoms with E-state index < -0.39 is 5.97 Å². The molecular weight excluding hydrogens is 244 g/mol. The molecule has 1 fully saturated rings. The maximum atomic E-state index is 11.8. The summed E-state index contributed by atoms with van der Waals surface area (Å²) in [6.45, 7) is 2.22. The van der Waals surface area contributed by atoms with Gasteiger partial charge in [-0.15, -0.1) is 0 Å². The number of carbonyl (C=O) groups is 2. The Hall–Kier alpha value is -2.04. The number of nitrogen functional groups attached to an aromatic ring is 1. The van der Waals surface area contributed by atoms with E-state index in [0.717, 1.165) is 5.56 Å². The summed E-state index contributed by atoms with van der Waals surface area (Å²) >= 11 is 0. The Morgan fingerprint density at radius 3 is 2.84 bits per heavy atom. The minimum absolute atomic E-state index is 0.250. The molecule has 1 amide bonds. The fourth-order valence-corrected chi connectivity index (χ4v) is 1.70. The highest BCUT2D eigenvalue weighted by Crippen LogP contribution is 2.27. The number of benzene rings is 1. The van der Waals surface area contributed by atoms with Crippen LogP contribution in [0.1, 0.15) is 28.8 Å². The Kier molecular flexibility index (Phi) is 4.04. The van der Waals surface area contributed by atoms with Crippen molar-refractivity contribution in [3.8, 4) is 0 Å². The molecule has 0 bridgehead atoms. The van der Waals surface area contributed by atoms with Crippen LogP contribution in [0.15, 0.2) is 18.2 Å². The van der Waals surface area contributed by atoms with Crippen molar-refractivity contribution in [1.82, 2.24) is 5.32 Å². The summed E-state index contributed by atoms with van der Waals surface area (Å²) in [5, 5.41) is 2.74. The molecular formula is C14H18N2O3. The summed E-state index contributed by atoms with van der Waals surface area (Å²) in [5.41, 5.74) is 7.29. The molecule has 1 aliphatic rings. The molecule has 1 saturated carbocycles. The number of ether oxygens (including phenoxy) is 1. The van der Waals surface area contributed by atoms with E-state index in [2.05, 4.69) is 5.32 Å². The van der Waals surface area contributed by atoms with Gasteiger partial charge in [0, 0.05) is 12.2 Å². The van der Waals surface area contributed by atoms with Gasteiger partial charge in [0.05, 0.1) is 5.56 Å². The number of aryl methyl sites for hydroxylation is 1. The van der Waals surface area contributed by atoms with Gasteiger partial charge >= 0.3 is 5.97 Å². The van der Waals surface area contributed by atoms with Crippen molar-refractivity contribution in [3.63, 3.8) is 0 Å². The lowest BCUT2D eigenvalue weighted by molar-refractivity contribution is -0.124. The molecule has 0 aliphatic heterocycles. The first-order valence-corrected chi connectivity index (χ1v) is 6.36. The summed E-state index contributed by atoms with van der Waals surface area (Å²) in [7, 11) is 0. The van der Waals surface area contributed by atoms with Crippen LogP contribution >= 0.6 is 0 Å². The molecule has 0 radical (unpaired) electrons. The highest BCUT2D eigenvalue weighted by atomic mass is 16.5. The average molecular weight is 262 g/mol. The minimum atomic E-state index is -0.522. The van der Waals surface area contributed by atoms with Gasteiger partial charge in [-0.05, 0) is 43.4 Å². The van der Waals surface area contributed by atoms with E-state index >= 15 is 0 Å². The zero-order valence-electron chi connectivity index (χ0n) is 10.9. The number of carbonyl (C=O) groups excluding carboxylic acids is 2. The molecule has 0 spiro atoms. The summed E-state index contributed by atoms with van der Waals surface area (Å²) in [5.74, 6) is -0.177. The molecule has 0 saturated heterocycles. The van der Waals surface area contributed by atoms with E-state index in [1.165, 1.54) is 12.8 Å². The number of hydrogen-bond donors (Lipinski definition) is 2. The third-order valence-corrected chi connectivity index (χ3v) is 3.10. The van der Waals surface area contributed by atoms with Gasteiger partial charge in [-0.25, -0.2) is 4.79 Å². The summed E-state index contributed by atoms with van der Waals surface area (Å²) in [6, 6.07) is 5.02. The smallest absolute Gasteiger partial charge is 0.338 e. The van der Waals surface area contributed by atoms with Gasteiger partial charge in [0.2, 0.25) is 0 Å². The fourth-order valence-electron chi connectivity index (χ4n) is 1.70. The van der Waals surface area contributed by atoms with Gasteiger partial charge in [-0.3, -0.25) is 4.79 Å². The number of hydrogen-bond acceptors (Lipinski definition) is 4. The van der Waals surface area contributed by atoms with Crippen LogP contribution in [0.4, 0.5) is 5.69 Å². The van der Waals surface area contributed by atoms with Crippen LogP contribution in [0.3, 0.4) is 0 Å². The normalized spacial score (nSPS) is 13.9. The summed E-state index contributed by atoms with van der Waals surface area (Å²) < 4.78 is 4.97. The molecule has 0 aromatic heterocycles. The molecule has 0 unspecified atom stereocenters. The second-order valence-corrected chi connectivity index (χ2v) is 4.90. The predicted octanol–water partition coefficient (Wildman–Crippen LogP) is 1.26. The number of nitrogens with one attached hydrogen (secondary N) is 1. The Bertz CT molecular complexity index is 495. The van der Waals surface area contributed by atoms with Crippen molar-refractivity contribution >= 4 is 17.6 Å². The molecule has 0 heterocycles. The number of esters is 1. The Morgan fingerprint density at radius 1 is 1.42 bits per heavy atom. The first kappa shape index (κ1) is 13.4. The largest absolute Gasteiger partial charge is 0.452 e. The maximum Gasteiger partial charge on any atom is 0.338 e. The molecule has 102 valence electrons. The molecule has 1 aliphatic carbocycles. The summed E-state index contributed by atoms with van der Waals surface area (Å²) in [4.78, 5) is 23.3. The van der Waals surface area contributed by atoms with Crippen LogP contribution in [0.25, 0.3) is 0 Å². The highest BCUT2D eigenvalue weighted by Gasteiger charge is 2.22. The van der Waals surface area contributed by atoms with Crippen molar-refractivity contribution < 1.29 is 14.3 Å². The molecule has 2 rings (SSSR count). The fraction of sp³-hybridized carbons (Fsp3) is 0.429. The maximum absolute atomic E-state index is 11.8. The van der Waals surface area contributed by atoms with Crippen LogP contribution in [-0.4, -0.2) is 25.0 Å². The van der Waals surface area contributed by atoms with E-state index in [1.54, 1.807) is 25.1 Å². The van der Waals surface area contributed by atoms with E-state index in [9.17, 15) is 9.59 Å². The van der Waals surface area contributed by atoms with Gasteiger partial charge < -0.3 is 15.8 Å². The van der Waals surface area contributed by atoms with Gasteiger partial charge in [-0.2, -0.15) is 0 Å². The third kappa shape index (κ3) is 3.98. The Morgan fingerprint density at radius 2 is 2.16 bits per heavy atom. The molecule has 3 N–H and O–H groups in total. The monoisotopic (exact) mass is 262 g/mol. The first-order chi connectivity index (χ1) is 9.06. The summed E-state index contributed by atoms with van der Waals surface area (Å²) in [6.07, 6.45) is 2.34. The lowest BCUT2D eigenvalue weighted by Crippen LogP contribution is -2.30. The van der Waals surface area contributed by atoms with Crippen molar-refractivity contribution in [2.75, 3.05) is 18.9 Å². The molecule has 1 aromatic carbocycles. The van der Waals surface area contributed by atoms with E-state index in [4.69, 9.17) is 10.5 Å². The van der Waals surface area contributed by atoms with Crippen molar-refractivity contribution in [1.29, 1.82) is 0 Å². The third-order valence-electron chi connectivity index (χ3n) is 3.10. The minimum Gasteiger partial charge on any atom is -0.452 e. The average Bonchev–Trinajstić information content (AvgIpc) is 3.20. The van der Waals surface area contributed by atoms with Crippen LogP contribution in [0.2, 0.25) is 0 Å². The van der Waals surface area contributed by atoms with E-state index in [0.29, 0.717) is 23.7 Å². The number of anilines is 1. The highest BCUT2D eigenvalue weighted by molar-refractivity contribution is 5.93. The van der Waals surface area contributed by atoms with Gasteiger partial charge in [0.1, 0.15) is 0 Å². The van der Waals surface area contributed by atoms with Crippen LogP contribution < -0.4 is 11.1 Å². The van der Waals surface area contributed by atoms with Gasteiger partial charge in [-0.1, -0.05) is 6.07 Å². The lowest BCUT2D eigenvalue weighted by atomic mass is 10.1. The molecule has 0 atom stereocenters. The van der Waals surface area contributed by atoms with Crippen LogP contribution in [0.5, 0.6) is 0 Å². The standard InChI is InChI=1S/C14H18N2O3/c1-9-2-5-11(15)6-12(9)14(18)19-8-13(17)16-7-10-3-4-10/h2,5-6,10H,3-4,7-8,15H2,1H3,(H,16,17). The number of amides is 1. The number of rotatable bonds is 5. The zero-order chi connectivity index (χ0) is 13.8. The van der Waals surface area contributed by atoms with Crippen molar-refractivity contribution in [3.05, 3.63) is 29.3 Å². The molecule has 1 aromatic rings. The zero-order valence-corrected chi connectivity index (χ0v) is 10.9. The Balaban J connectivity index is 1.82. The van der Waals surface area contributed by atoms with Crippen LogP contribution in [-0.2, 0) is 9.53 Å². The first-order valence-electron chi connectivity index (χ1n) is 6.36. The SMILES string of the molecule is Cc1ccc(N)cc1C(=O)OCC(=O)NCC1CC1. The topological polar surface area (TPSA) is 81.4 Å². The van der Waals surface area contributed by atoms with Crippen molar-refractivity contribution in [2.45, 2.75) is 19.8 Å². The Labute approximate surface area is 112 Å². The molecule has 19 heavy (non-hydrogen) atoms. The number of nitrogens with two attached hydrogens (primary N) is 1. The quantitative estimate of drug-likeness (QED) is 0.618. The second kappa shape index (κ2) is 5.73.